The van der Waals surface area contributed by atoms with E-state index in [-0.39, 0.29) is 5.91 Å². The van der Waals surface area contributed by atoms with Crippen LogP contribution in [-0.2, 0) is 14.4 Å². The predicted octanol–water partition coefficient (Wildman–Crippen LogP) is -0.146. The molecule has 0 atom stereocenters. The van der Waals surface area contributed by atoms with Crippen molar-refractivity contribution in [2.45, 2.75) is 13.8 Å². The maximum absolute atomic E-state index is 9.93. The fourth-order valence-corrected chi connectivity index (χ4v) is 0.392. The second-order valence-corrected chi connectivity index (χ2v) is 2.10. The molecular formula is C8H13NO5. The van der Waals surface area contributed by atoms with Crippen LogP contribution < -0.4 is 5.32 Å². The third-order valence-corrected chi connectivity index (χ3v) is 0.794. The molecule has 0 bridgehead atoms. The summed E-state index contributed by atoms with van der Waals surface area (Å²) in [5.41, 5.74) is 0. The van der Waals surface area contributed by atoms with E-state index < -0.39 is 11.9 Å². The van der Waals surface area contributed by atoms with Crippen LogP contribution in [0.4, 0.5) is 0 Å². The van der Waals surface area contributed by atoms with Gasteiger partial charge in [-0.25, -0.2) is 9.59 Å². The molecule has 0 rings (SSSR count). The normalized spacial score (nSPS) is 8.71. The number of nitrogens with one attached hydrogen (secondary N) is 1. The molecule has 6 heteroatoms. The van der Waals surface area contributed by atoms with Gasteiger partial charge in [0, 0.05) is 25.6 Å². The number of carboxylic acids is 2. The van der Waals surface area contributed by atoms with E-state index in [4.69, 9.17) is 10.2 Å². The van der Waals surface area contributed by atoms with E-state index in [1.807, 2.05) is 6.92 Å². The zero-order valence-corrected chi connectivity index (χ0v) is 7.98. The van der Waals surface area contributed by atoms with Crippen LogP contribution in [-0.4, -0.2) is 34.6 Å². The first-order valence-electron chi connectivity index (χ1n) is 3.78. The summed E-state index contributed by atoms with van der Waals surface area (Å²) in [6.45, 7) is 4.13. The average Bonchev–Trinajstić information content (AvgIpc) is 2.01. The summed E-state index contributed by atoms with van der Waals surface area (Å²) in [6, 6.07) is 0. The number of hydrogen-bond donors (Lipinski definition) is 3. The summed E-state index contributed by atoms with van der Waals surface area (Å²) in [5, 5.41) is 18.2. The van der Waals surface area contributed by atoms with Gasteiger partial charge in [0.1, 0.15) is 0 Å². The van der Waals surface area contributed by atoms with Crippen LogP contribution in [0.3, 0.4) is 0 Å². The molecule has 1 amide bonds. The van der Waals surface area contributed by atoms with Gasteiger partial charge in [-0.15, -0.1) is 0 Å². The monoisotopic (exact) mass is 203 g/mol. The minimum Gasteiger partial charge on any atom is -0.478 e. The molecule has 0 spiro atoms. The van der Waals surface area contributed by atoms with Crippen LogP contribution in [0.25, 0.3) is 0 Å². The first-order valence-corrected chi connectivity index (χ1v) is 3.78. The Hall–Kier alpha value is -1.85. The van der Waals surface area contributed by atoms with Crippen molar-refractivity contribution >= 4 is 17.8 Å². The third kappa shape index (κ3) is 22.5. The molecule has 0 aliphatic carbocycles. The lowest BCUT2D eigenvalue weighted by Crippen LogP contribution is -2.18. The maximum atomic E-state index is 9.93. The molecule has 6 nitrogen and oxygen atoms in total. The van der Waals surface area contributed by atoms with Gasteiger partial charge in [-0.3, -0.25) is 4.79 Å². The van der Waals surface area contributed by atoms with Gasteiger partial charge in [-0.1, -0.05) is 0 Å². The zero-order chi connectivity index (χ0) is 11.6. The predicted molar refractivity (Wildman–Crippen MR) is 48.8 cm³/mol. The molecule has 0 aromatic rings. The molecular weight excluding hydrogens is 190 g/mol. The van der Waals surface area contributed by atoms with Crippen molar-refractivity contribution in [1.82, 2.24) is 5.32 Å². The number of rotatable bonds is 3. The van der Waals surface area contributed by atoms with E-state index in [0.29, 0.717) is 12.2 Å². The summed E-state index contributed by atoms with van der Waals surface area (Å²) >= 11 is 0. The summed E-state index contributed by atoms with van der Waals surface area (Å²) in [4.78, 5) is 29.0. The standard InChI is InChI=1S/C4H9NO.C4H4O4/c1-3-5-4(2)6;5-3(6)1-2-4(7)8/h3H2,1-2H3,(H,5,6);1-2H,(H,5,6)(H,7,8)/b;2-1+. The van der Waals surface area contributed by atoms with E-state index in [0.717, 1.165) is 6.54 Å². The van der Waals surface area contributed by atoms with E-state index >= 15 is 0 Å². The molecule has 0 aliphatic rings. The quantitative estimate of drug-likeness (QED) is 0.553. The second kappa shape index (κ2) is 9.24. The molecule has 0 fully saturated rings. The fourth-order valence-electron chi connectivity index (χ4n) is 0.392. The van der Waals surface area contributed by atoms with E-state index in [9.17, 15) is 14.4 Å². The Morgan fingerprint density at radius 2 is 1.50 bits per heavy atom. The topological polar surface area (TPSA) is 104 Å². The lowest BCUT2D eigenvalue weighted by atomic mass is 10.5. The van der Waals surface area contributed by atoms with Gasteiger partial charge in [0.2, 0.25) is 5.91 Å². The average molecular weight is 203 g/mol. The van der Waals surface area contributed by atoms with Crippen molar-refractivity contribution in [1.29, 1.82) is 0 Å². The summed E-state index contributed by atoms with van der Waals surface area (Å²) in [5.74, 6) is -2.47. The van der Waals surface area contributed by atoms with Crippen LogP contribution in [0, 0.1) is 0 Å². The highest BCUT2D eigenvalue weighted by atomic mass is 16.4. The van der Waals surface area contributed by atoms with Crippen LogP contribution in [0.5, 0.6) is 0 Å². The Bertz CT molecular complexity index is 218. The van der Waals surface area contributed by atoms with Crippen molar-refractivity contribution < 1.29 is 24.6 Å². The number of hydrogen-bond acceptors (Lipinski definition) is 3. The molecule has 0 saturated carbocycles. The van der Waals surface area contributed by atoms with Gasteiger partial charge in [-0.2, -0.15) is 0 Å². The molecule has 0 unspecified atom stereocenters. The minimum atomic E-state index is -1.26. The van der Waals surface area contributed by atoms with Crippen LogP contribution in [0.15, 0.2) is 12.2 Å². The molecule has 3 N–H and O–H groups in total. The van der Waals surface area contributed by atoms with Crippen LogP contribution in [0.2, 0.25) is 0 Å². The Morgan fingerprint density at radius 3 is 1.57 bits per heavy atom. The molecule has 0 saturated heterocycles. The maximum Gasteiger partial charge on any atom is 0.328 e. The SMILES string of the molecule is CCNC(C)=O.O=C(O)/C=C/C(=O)O. The summed E-state index contributed by atoms with van der Waals surface area (Å²) in [7, 11) is 0. The lowest BCUT2D eigenvalue weighted by Gasteiger charge is -1.88. The number of aliphatic carboxylic acids is 2. The highest BCUT2D eigenvalue weighted by molar-refractivity contribution is 5.89. The summed E-state index contributed by atoms with van der Waals surface area (Å²) in [6.07, 6.45) is 1.12. The Morgan fingerprint density at radius 1 is 1.14 bits per heavy atom. The first kappa shape index (κ1) is 14.7. The van der Waals surface area contributed by atoms with E-state index in [1.165, 1.54) is 6.92 Å². The number of carboxylic acid groups (broad SMARTS) is 2. The van der Waals surface area contributed by atoms with Gasteiger partial charge in [-0.05, 0) is 6.92 Å². The van der Waals surface area contributed by atoms with Gasteiger partial charge >= 0.3 is 11.9 Å². The molecule has 0 aliphatic heterocycles. The molecule has 0 aromatic carbocycles. The zero-order valence-electron chi connectivity index (χ0n) is 7.98. The Kier molecular flexibility index (Phi) is 9.68. The second-order valence-electron chi connectivity index (χ2n) is 2.10. The number of carbonyl (C=O) groups is 3. The Labute approximate surface area is 81.2 Å². The number of amides is 1. The van der Waals surface area contributed by atoms with Crippen LogP contribution in [0.1, 0.15) is 13.8 Å². The molecule has 80 valence electrons. The molecule has 0 aromatic heterocycles. The van der Waals surface area contributed by atoms with Crippen molar-refractivity contribution in [3.63, 3.8) is 0 Å². The van der Waals surface area contributed by atoms with E-state index in [1.54, 1.807) is 0 Å². The number of carbonyl (C=O) groups excluding carboxylic acids is 1. The van der Waals surface area contributed by atoms with Gasteiger partial charge in [0.25, 0.3) is 0 Å². The van der Waals surface area contributed by atoms with Crippen molar-refractivity contribution in [3.05, 3.63) is 12.2 Å². The van der Waals surface area contributed by atoms with Gasteiger partial charge in [0.15, 0.2) is 0 Å². The van der Waals surface area contributed by atoms with E-state index in [2.05, 4.69) is 5.32 Å². The Balaban J connectivity index is 0. The molecule has 14 heavy (non-hydrogen) atoms. The highest BCUT2D eigenvalue weighted by Crippen LogP contribution is 1.70. The highest BCUT2D eigenvalue weighted by Gasteiger charge is 1.88. The fraction of sp³-hybridized carbons (Fsp3) is 0.375. The van der Waals surface area contributed by atoms with Crippen LogP contribution >= 0.6 is 0 Å². The molecule has 0 heterocycles. The van der Waals surface area contributed by atoms with Crippen molar-refractivity contribution in [2.24, 2.45) is 0 Å². The lowest BCUT2D eigenvalue weighted by molar-refractivity contribution is -0.134. The van der Waals surface area contributed by atoms with Gasteiger partial charge < -0.3 is 15.5 Å². The largest absolute Gasteiger partial charge is 0.478 e. The molecule has 0 radical (unpaired) electrons. The van der Waals surface area contributed by atoms with Crippen molar-refractivity contribution in [3.8, 4) is 0 Å². The van der Waals surface area contributed by atoms with Gasteiger partial charge in [0.05, 0.1) is 0 Å². The minimum absolute atomic E-state index is 0.0394. The first-order chi connectivity index (χ1) is 6.40. The third-order valence-electron chi connectivity index (χ3n) is 0.794. The van der Waals surface area contributed by atoms with Crippen molar-refractivity contribution in [2.75, 3.05) is 6.54 Å². The smallest absolute Gasteiger partial charge is 0.328 e. The summed E-state index contributed by atoms with van der Waals surface area (Å²) < 4.78 is 0.